The van der Waals surface area contributed by atoms with Crippen LogP contribution in [0.15, 0.2) is 44.2 Å². The summed E-state index contributed by atoms with van der Waals surface area (Å²) in [5.74, 6) is 3.17. The van der Waals surface area contributed by atoms with Crippen LogP contribution in [0, 0.1) is 13.8 Å². The van der Waals surface area contributed by atoms with Crippen LogP contribution >= 0.6 is 0 Å². The highest BCUT2D eigenvalue weighted by Gasteiger charge is 2.06. The van der Waals surface area contributed by atoms with E-state index >= 15 is 0 Å². The van der Waals surface area contributed by atoms with E-state index in [1.54, 1.807) is 0 Å². The van der Waals surface area contributed by atoms with Gasteiger partial charge in [0.05, 0.1) is 5.69 Å². The predicted molar refractivity (Wildman–Crippen MR) is 98.7 cm³/mol. The van der Waals surface area contributed by atoms with E-state index < -0.39 is 0 Å². The third-order valence-electron chi connectivity index (χ3n) is 3.93. The van der Waals surface area contributed by atoms with Crippen LogP contribution in [0.3, 0.4) is 0 Å². The zero-order valence-electron chi connectivity index (χ0n) is 14.9. The van der Waals surface area contributed by atoms with Crippen molar-refractivity contribution >= 4 is 16.9 Å². The van der Waals surface area contributed by atoms with Crippen molar-refractivity contribution in [2.75, 3.05) is 13.1 Å². The van der Waals surface area contributed by atoms with Crippen LogP contribution in [-0.2, 0) is 13.0 Å². The molecule has 0 aliphatic carbocycles. The van der Waals surface area contributed by atoms with Gasteiger partial charge in [0.25, 0.3) is 0 Å². The van der Waals surface area contributed by atoms with E-state index in [1.807, 2.05) is 39.0 Å². The minimum Gasteiger partial charge on any atom is -0.461 e. The Labute approximate surface area is 147 Å². The van der Waals surface area contributed by atoms with Gasteiger partial charge < -0.3 is 19.5 Å². The van der Waals surface area contributed by atoms with E-state index in [4.69, 9.17) is 8.83 Å². The van der Waals surface area contributed by atoms with Crippen LogP contribution in [0.4, 0.5) is 0 Å². The fraction of sp³-hybridized carbons (Fsp3) is 0.368. The third-order valence-corrected chi connectivity index (χ3v) is 3.93. The molecule has 2 aromatic heterocycles. The highest BCUT2D eigenvalue weighted by molar-refractivity contribution is 5.80. The largest absolute Gasteiger partial charge is 0.461 e. The third kappa shape index (κ3) is 4.41. The lowest BCUT2D eigenvalue weighted by molar-refractivity contribution is 0.472. The molecule has 0 fully saturated rings. The molecule has 0 saturated carbocycles. The number of oxazole rings is 1. The molecule has 6 nitrogen and oxygen atoms in total. The summed E-state index contributed by atoms with van der Waals surface area (Å²) in [5, 5.41) is 7.67. The molecule has 0 aliphatic rings. The Hall–Kier alpha value is -2.76. The van der Waals surface area contributed by atoms with Gasteiger partial charge in [-0.3, -0.25) is 0 Å². The topological polar surface area (TPSA) is 75.6 Å². The number of guanidine groups is 1. The maximum absolute atomic E-state index is 5.83. The molecule has 0 bridgehead atoms. The van der Waals surface area contributed by atoms with E-state index in [0.717, 1.165) is 53.7 Å². The summed E-state index contributed by atoms with van der Waals surface area (Å²) in [6.07, 6.45) is 0.788. The van der Waals surface area contributed by atoms with Gasteiger partial charge in [0, 0.05) is 24.9 Å². The number of aromatic nitrogens is 1. The SMILES string of the molecule is CCNC(=NCc1nc(C)c(C)o1)NCCc1cc2ccccc2o1. The molecule has 6 heteroatoms. The van der Waals surface area contributed by atoms with Crippen molar-refractivity contribution in [1.29, 1.82) is 0 Å². The number of nitrogens with zero attached hydrogens (tertiary/aromatic N) is 2. The second kappa shape index (κ2) is 7.88. The number of fused-ring (bicyclic) bond motifs is 1. The van der Waals surface area contributed by atoms with E-state index in [1.165, 1.54) is 0 Å². The number of nitrogens with one attached hydrogen (secondary N) is 2. The van der Waals surface area contributed by atoms with Crippen molar-refractivity contribution in [3.63, 3.8) is 0 Å². The minimum absolute atomic E-state index is 0.411. The highest BCUT2D eigenvalue weighted by Crippen LogP contribution is 2.18. The second-order valence-electron chi connectivity index (χ2n) is 5.87. The van der Waals surface area contributed by atoms with Crippen molar-refractivity contribution in [2.45, 2.75) is 33.7 Å². The molecule has 3 rings (SSSR count). The number of aryl methyl sites for hydroxylation is 2. The Morgan fingerprint density at radius 2 is 2.00 bits per heavy atom. The molecule has 132 valence electrons. The lowest BCUT2D eigenvalue weighted by Gasteiger charge is -2.09. The summed E-state index contributed by atoms with van der Waals surface area (Å²) in [6, 6.07) is 10.1. The highest BCUT2D eigenvalue weighted by atomic mass is 16.4. The molecular weight excluding hydrogens is 316 g/mol. The maximum atomic E-state index is 5.83. The average Bonchev–Trinajstić information content (AvgIpc) is 3.15. The molecule has 2 heterocycles. The van der Waals surface area contributed by atoms with Crippen LogP contribution in [0.5, 0.6) is 0 Å². The molecule has 2 N–H and O–H groups in total. The summed E-state index contributed by atoms with van der Waals surface area (Å²) < 4.78 is 11.4. The van der Waals surface area contributed by atoms with Crippen LogP contribution in [-0.4, -0.2) is 24.0 Å². The van der Waals surface area contributed by atoms with Gasteiger partial charge in [-0.25, -0.2) is 9.98 Å². The van der Waals surface area contributed by atoms with E-state index in [9.17, 15) is 0 Å². The summed E-state index contributed by atoms with van der Waals surface area (Å²) >= 11 is 0. The molecule has 0 unspecified atom stereocenters. The number of furan rings is 1. The average molecular weight is 340 g/mol. The van der Waals surface area contributed by atoms with Gasteiger partial charge in [-0.1, -0.05) is 18.2 Å². The standard InChI is InChI=1S/C19H24N4O2/c1-4-20-19(22-12-18-23-13(2)14(3)24-18)21-10-9-16-11-15-7-5-6-8-17(15)25-16/h5-8,11H,4,9-10,12H2,1-3H3,(H2,20,21,22). The van der Waals surface area contributed by atoms with Gasteiger partial charge in [0.2, 0.25) is 5.89 Å². The first-order chi connectivity index (χ1) is 12.2. The van der Waals surface area contributed by atoms with Crippen LogP contribution in [0.2, 0.25) is 0 Å². The number of para-hydroxylation sites is 1. The second-order valence-corrected chi connectivity index (χ2v) is 5.87. The number of hydrogen-bond donors (Lipinski definition) is 2. The van der Waals surface area contributed by atoms with Crippen molar-refractivity contribution in [3.8, 4) is 0 Å². The molecule has 25 heavy (non-hydrogen) atoms. The quantitative estimate of drug-likeness (QED) is 0.532. The molecular formula is C19H24N4O2. The number of hydrogen-bond acceptors (Lipinski definition) is 4. The van der Waals surface area contributed by atoms with Crippen LogP contribution in [0.1, 0.15) is 30.0 Å². The smallest absolute Gasteiger partial charge is 0.216 e. The van der Waals surface area contributed by atoms with Crippen molar-refractivity contribution in [1.82, 2.24) is 15.6 Å². The fourth-order valence-electron chi connectivity index (χ4n) is 2.56. The monoisotopic (exact) mass is 340 g/mol. The van der Waals surface area contributed by atoms with Crippen molar-refractivity contribution in [3.05, 3.63) is 53.4 Å². The van der Waals surface area contributed by atoms with Gasteiger partial charge in [-0.15, -0.1) is 0 Å². The Morgan fingerprint density at radius 1 is 1.16 bits per heavy atom. The first kappa shape index (κ1) is 17.1. The Morgan fingerprint density at radius 3 is 2.72 bits per heavy atom. The number of benzene rings is 1. The maximum Gasteiger partial charge on any atom is 0.216 e. The van der Waals surface area contributed by atoms with Gasteiger partial charge in [0.15, 0.2) is 5.96 Å². The number of aliphatic imine (C=N–C) groups is 1. The molecule has 1 aromatic carbocycles. The molecule has 3 aromatic rings. The normalized spacial score (nSPS) is 11.9. The van der Waals surface area contributed by atoms with Crippen LogP contribution < -0.4 is 10.6 Å². The zero-order chi connectivity index (χ0) is 17.6. The summed E-state index contributed by atoms with van der Waals surface area (Å²) in [5.41, 5.74) is 1.83. The van der Waals surface area contributed by atoms with E-state index in [-0.39, 0.29) is 0 Å². The van der Waals surface area contributed by atoms with Gasteiger partial charge in [0.1, 0.15) is 23.6 Å². The van der Waals surface area contributed by atoms with Crippen molar-refractivity contribution in [2.24, 2.45) is 4.99 Å². The molecule has 0 aliphatic heterocycles. The lowest BCUT2D eigenvalue weighted by atomic mass is 10.2. The Balaban J connectivity index is 1.56. The zero-order valence-corrected chi connectivity index (χ0v) is 14.9. The Kier molecular flexibility index (Phi) is 5.38. The summed E-state index contributed by atoms with van der Waals surface area (Å²) in [4.78, 5) is 8.87. The van der Waals surface area contributed by atoms with E-state index in [0.29, 0.717) is 12.4 Å². The first-order valence-corrected chi connectivity index (χ1v) is 8.58. The molecule has 0 radical (unpaired) electrons. The van der Waals surface area contributed by atoms with Crippen LogP contribution in [0.25, 0.3) is 11.0 Å². The first-order valence-electron chi connectivity index (χ1n) is 8.58. The molecule has 0 atom stereocenters. The van der Waals surface area contributed by atoms with Crippen molar-refractivity contribution < 1.29 is 8.83 Å². The molecule has 0 amide bonds. The van der Waals surface area contributed by atoms with Gasteiger partial charge >= 0.3 is 0 Å². The van der Waals surface area contributed by atoms with Gasteiger partial charge in [-0.05, 0) is 32.9 Å². The molecule has 0 saturated heterocycles. The number of rotatable bonds is 6. The predicted octanol–water partition coefficient (Wildman–Crippen LogP) is 3.34. The summed E-state index contributed by atoms with van der Waals surface area (Å²) in [7, 11) is 0. The molecule has 0 spiro atoms. The van der Waals surface area contributed by atoms with Gasteiger partial charge in [-0.2, -0.15) is 0 Å². The fourth-order valence-corrected chi connectivity index (χ4v) is 2.56. The summed E-state index contributed by atoms with van der Waals surface area (Å²) in [6.45, 7) is 7.81. The van der Waals surface area contributed by atoms with E-state index in [2.05, 4.69) is 32.7 Å². The minimum atomic E-state index is 0.411. The Bertz CT molecular complexity index is 811. The lowest BCUT2D eigenvalue weighted by Crippen LogP contribution is -2.38.